The van der Waals surface area contributed by atoms with Crippen LogP contribution in [0.1, 0.15) is 23.6 Å². The van der Waals surface area contributed by atoms with Gasteiger partial charge in [0.05, 0.1) is 11.5 Å². The first kappa shape index (κ1) is 17.6. The number of hydrogen-bond acceptors (Lipinski definition) is 3. The third-order valence-electron chi connectivity index (χ3n) is 4.42. The number of fused-ring (bicyclic) bond motifs is 1. The van der Waals surface area contributed by atoms with E-state index < -0.39 is 0 Å². The molecule has 1 aliphatic rings. The normalized spacial score (nSPS) is 15.4. The Bertz CT molecular complexity index is 1080. The van der Waals surface area contributed by atoms with Crippen LogP contribution in [0.25, 0.3) is 16.8 Å². The van der Waals surface area contributed by atoms with Gasteiger partial charge >= 0.3 is 0 Å². The zero-order valence-electron chi connectivity index (χ0n) is 15.2. The number of thioether (sulfide) groups is 1. The summed E-state index contributed by atoms with van der Waals surface area (Å²) in [7, 11) is 0. The molecule has 0 aromatic heterocycles. The lowest BCUT2D eigenvalue weighted by Gasteiger charge is -2.11. The fourth-order valence-electron chi connectivity index (χ4n) is 3.07. The van der Waals surface area contributed by atoms with Crippen molar-refractivity contribution in [3.63, 3.8) is 0 Å². The topological polar surface area (TPSA) is 38.7 Å². The van der Waals surface area contributed by atoms with E-state index in [9.17, 15) is 4.79 Å². The van der Waals surface area contributed by atoms with Gasteiger partial charge in [-0.15, -0.1) is 0 Å². The molecule has 0 aliphatic carbocycles. The molecule has 0 fully saturated rings. The molecule has 0 atom stereocenters. The van der Waals surface area contributed by atoms with E-state index in [0.717, 1.165) is 32.7 Å². The molecule has 3 aromatic carbocycles. The molecule has 0 bridgehead atoms. The first-order valence-corrected chi connectivity index (χ1v) is 9.71. The largest absolute Gasteiger partial charge is 0.493 e. The molecule has 3 nitrogen and oxygen atoms in total. The van der Waals surface area contributed by atoms with Gasteiger partial charge in [-0.25, -0.2) is 4.99 Å². The predicted octanol–water partition coefficient (Wildman–Crippen LogP) is 5.61. The van der Waals surface area contributed by atoms with E-state index in [4.69, 9.17) is 4.74 Å². The standard InChI is InChI=1S/C23H19NO2S/c1-3-26-20-13-12-16-6-4-5-7-18(16)19(20)14-21-22(25)24-23(27-21)17-10-8-15(2)9-11-17/h4-14H,3H2,1-2H3/b21-14-. The van der Waals surface area contributed by atoms with Gasteiger partial charge < -0.3 is 4.74 Å². The molecule has 27 heavy (non-hydrogen) atoms. The second-order valence-corrected chi connectivity index (χ2v) is 7.36. The van der Waals surface area contributed by atoms with E-state index in [0.29, 0.717) is 11.5 Å². The maximum atomic E-state index is 12.5. The monoisotopic (exact) mass is 373 g/mol. The second kappa shape index (κ2) is 7.41. The molecule has 134 valence electrons. The Morgan fingerprint density at radius 3 is 2.59 bits per heavy atom. The Kier molecular flexibility index (Phi) is 4.82. The average Bonchev–Trinajstić information content (AvgIpc) is 3.05. The number of amides is 1. The summed E-state index contributed by atoms with van der Waals surface area (Å²) in [5.41, 5.74) is 3.07. The van der Waals surface area contributed by atoms with Crippen LogP contribution in [0, 0.1) is 6.92 Å². The van der Waals surface area contributed by atoms with Crippen LogP contribution in [0.5, 0.6) is 5.75 Å². The summed E-state index contributed by atoms with van der Waals surface area (Å²) in [4.78, 5) is 17.4. The molecule has 0 unspecified atom stereocenters. The molecule has 1 heterocycles. The molecule has 3 aromatic rings. The Hall–Kier alpha value is -2.85. The number of hydrogen-bond donors (Lipinski definition) is 0. The number of nitrogens with zero attached hydrogens (tertiary/aromatic N) is 1. The van der Waals surface area contributed by atoms with Crippen molar-refractivity contribution in [1.29, 1.82) is 0 Å². The van der Waals surface area contributed by atoms with Gasteiger partial charge in [0.25, 0.3) is 5.91 Å². The second-order valence-electron chi connectivity index (χ2n) is 6.33. The van der Waals surface area contributed by atoms with E-state index >= 15 is 0 Å². The van der Waals surface area contributed by atoms with Crippen molar-refractivity contribution in [3.05, 3.63) is 82.3 Å². The molecule has 0 radical (unpaired) electrons. The number of carbonyl (C=O) groups excluding carboxylic acids is 1. The fourth-order valence-corrected chi connectivity index (χ4v) is 3.97. The van der Waals surface area contributed by atoms with Gasteiger partial charge in [0.1, 0.15) is 10.8 Å². The van der Waals surface area contributed by atoms with Crippen molar-refractivity contribution in [2.24, 2.45) is 4.99 Å². The van der Waals surface area contributed by atoms with Crippen LogP contribution in [-0.4, -0.2) is 17.6 Å². The van der Waals surface area contributed by atoms with Crippen LogP contribution in [0.4, 0.5) is 0 Å². The third kappa shape index (κ3) is 3.53. The SMILES string of the molecule is CCOc1ccc2ccccc2c1/C=C1\SC(c2ccc(C)cc2)=NC1=O. The summed E-state index contributed by atoms with van der Waals surface area (Å²) in [6.45, 7) is 4.57. The number of carbonyl (C=O) groups is 1. The molecule has 4 heteroatoms. The van der Waals surface area contributed by atoms with E-state index in [1.807, 2.05) is 68.5 Å². The highest BCUT2D eigenvalue weighted by Gasteiger charge is 2.23. The van der Waals surface area contributed by atoms with Crippen LogP contribution in [0.3, 0.4) is 0 Å². The minimum Gasteiger partial charge on any atom is -0.493 e. The minimum atomic E-state index is -0.203. The molecule has 4 rings (SSSR count). The highest BCUT2D eigenvalue weighted by Crippen LogP contribution is 2.36. The van der Waals surface area contributed by atoms with Crippen LogP contribution >= 0.6 is 11.8 Å². The van der Waals surface area contributed by atoms with Crippen LogP contribution in [0.15, 0.2) is 70.6 Å². The lowest BCUT2D eigenvalue weighted by Crippen LogP contribution is -1.96. The molecule has 0 saturated heterocycles. The Morgan fingerprint density at radius 1 is 1.04 bits per heavy atom. The summed E-state index contributed by atoms with van der Waals surface area (Å²) in [5, 5.41) is 2.92. The summed E-state index contributed by atoms with van der Waals surface area (Å²) in [6, 6.07) is 20.2. The van der Waals surface area contributed by atoms with Crippen molar-refractivity contribution < 1.29 is 9.53 Å². The van der Waals surface area contributed by atoms with E-state index in [1.54, 1.807) is 0 Å². The average molecular weight is 373 g/mol. The van der Waals surface area contributed by atoms with Crippen molar-refractivity contribution >= 4 is 39.6 Å². The van der Waals surface area contributed by atoms with E-state index in [-0.39, 0.29) is 5.91 Å². The van der Waals surface area contributed by atoms with E-state index in [1.165, 1.54) is 17.3 Å². The fraction of sp³-hybridized carbons (Fsp3) is 0.130. The summed E-state index contributed by atoms with van der Waals surface area (Å²) < 4.78 is 5.81. The van der Waals surface area contributed by atoms with Crippen molar-refractivity contribution in [1.82, 2.24) is 0 Å². The summed E-state index contributed by atoms with van der Waals surface area (Å²) >= 11 is 1.41. The van der Waals surface area contributed by atoms with Crippen LogP contribution in [-0.2, 0) is 4.79 Å². The van der Waals surface area contributed by atoms with Crippen molar-refractivity contribution in [2.75, 3.05) is 6.61 Å². The molecule has 1 amide bonds. The summed E-state index contributed by atoms with van der Waals surface area (Å²) in [5.74, 6) is 0.576. The lowest BCUT2D eigenvalue weighted by molar-refractivity contribution is -0.113. The van der Waals surface area contributed by atoms with Crippen LogP contribution in [0.2, 0.25) is 0 Å². The maximum Gasteiger partial charge on any atom is 0.284 e. The lowest BCUT2D eigenvalue weighted by atomic mass is 10.0. The Balaban J connectivity index is 1.75. The van der Waals surface area contributed by atoms with Crippen molar-refractivity contribution in [3.8, 4) is 5.75 Å². The number of benzene rings is 3. The molecule has 0 saturated carbocycles. The first-order valence-electron chi connectivity index (χ1n) is 8.90. The van der Waals surface area contributed by atoms with Gasteiger partial charge in [0, 0.05) is 11.1 Å². The van der Waals surface area contributed by atoms with Gasteiger partial charge in [-0.1, -0.05) is 71.9 Å². The van der Waals surface area contributed by atoms with Gasteiger partial charge in [-0.3, -0.25) is 4.79 Å². The van der Waals surface area contributed by atoms with Crippen molar-refractivity contribution in [2.45, 2.75) is 13.8 Å². The zero-order chi connectivity index (χ0) is 18.8. The smallest absolute Gasteiger partial charge is 0.284 e. The quantitative estimate of drug-likeness (QED) is 0.558. The minimum absolute atomic E-state index is 0.203. The van der Waals surface area contributed by atoms with E-state index in [2.05, 4.69) is 17.1 Å². The van der Waals surface area contributed by atoms with Gasteiger partial charge in [-0.05, 0) is 36.8 Å². The van der Waals surface area contributed by atoms with Gasteiger partial charge in [0.15, 0.2) is 0 Å². The number of rotatable bonds is 4. The molecule has 1 aliphatic heterocycles. The van der Waals surface area contributed by atoms with Gasteiger partial charge in [0.2, 0.25) is 0 Å². The molecule has 0 N–H and O–H groups in total. The molecule has 0 spiro atoms. The zero-order valence-corrected chi connectivity index (χ0v) is 16.0. The number of aryl methyl sites for hydroxylation is 1. The molecular formula is C23H19NO2S. The Labute approximate surface area is 162 Å². The highest BCUT2D eigenvalue weighted by atomic mass is 32.2. The first-order chi connectivity index (χ1) is 13.2. The summed E-state index contributed by atoms with van der Waals surface area (Å²) in [6.07, 6.45) is 1.91. The Morgan fingerprint density at radius 2 is 1.81 bits per heavy atom. The van der Waals surface area contributed by atoms with Crippen LogP contribution < -0.4 is 4.74 Å². The highest BCUT2D eigenvalue weighted by molar-refractivity contribution is 8.19. The maximum absolute atomic E-state index is 12.5. The number of ether oxygens (including phenoxy) is 1. The predicted molar refractivity (Wildman–Crippen MR) is 113 cm³/mol. The molecular weight excluding hydrogens is 354 g/mol. The van der Waals surface area contributed by atoms with Gasteiger partial charge in [-0.2, -0.15) is 0 Å². The third-order valence-corrected chi connectivity index (χ3v) is 5.46. The number of aliphatic imine (C=N–C) groups is 1.